The lowest BCUT2D eigenvalue weighted by Crippen LogP contribution is -2.54. The van der Waals surface area contributed by atoms with Gasteiger partial charge in [-0.05, 0) is 26.8 Å². The van der Waals surface area contributed by atoms with Gasteiger partial charge >= 0.3 is 0 Å². The number of ether oxygens (including phenoxy) is 1. The van der Waals surface area contributed by atoms with Crippen LogP contribution >= 0.6 is 0 Å². The Morgan fingerprint density at radius 1 is 0.880 bits per heavy atom. The van der Waals surface area contributed by atoms with E-state index in [1.807, 2.05) is 0 Å². The van der Waals surface area contributed by atoms with E-state index in [-0.39, 0.29) is 5.54 Å². The van der Waals surface area contributed by atoms with Gasteiger partial charge in [-0.15, -0.1) is 0 Å². The summed E-state index contributed by atoms with van der Waals surface area (Å²) in [5, 5.41) is 2.07. The zero-order valence-corrected chi connectivity index (χ0v) is 15.2. The fourth-order valence-corrected chi connectivity index (χ4v) is 3.83. The molecule has 25 heavy (non-hydrogen) atoms. The van der Waals surface area contributed by atoms with E-state index in [0.29, 0.717) is 0 Å². The monoisotopic (exact) mass is 338 g/mol. The zero-order valence-electron chi connectivity index (χ0n) is 15.2. The molecule has 2 aliphatic rings. The Morgan fingerprint density at radius 2 is 1.52 bits per heavy atom. The summed E-state index contributed by atoms with van der Waals surface area (Å²) in [5.41, 5.74) is 2.77. The van der Waals surface area contributed by atoms with Crippen molar-refractivity contribution in [1.29, 1.82) is 0 Å². The van der Waals surface area contributed by atoms with Crippen molar-refractivity contribution < 1.29 is 9.57 Å². The highest BCUT2D eigenvalue weighted by Gasteiger charge is 2.52. The topological polar surface area (TPSA) is 24.9 Å². The molecular formula is C21H26N2O2. The van der Waals surface area contributed by atoms with Gasteiger partial charge in [0.2, 0.25) is 5.72 Å². The van der Waals surface area contributed by atoms with E-state index in [0.717, 1.165) is 37.6 Å². The minimum absolute atomic E-state index is 0.140. The van der Waals surface area contributed by atoms with E-state index in [1.165, 1.54) is 5.56 Å². The quantitative estimate of drug-likeness (QED) is 0.832. The lowest BCUT2D eigenvalue weighted by atomic mass is 9.91. The average Bonchev–Trinajstić information content (AvgIpc) is 3.00. The van der Waals surface area contributed by atoms with Crippen LogP contribution in [0.3, 0.4) is 0 Å². The summed E-state index contributed by atoms with van der Waals surface area (Å²) in [6.45, 7) is 9.71. The van der Waals surface area contributed by atoms with E-state index in [9.17, 15) is 0 Å². The molecule has 0 radical (unpaired) electrons. The molecule has 0 spiro atoms. The first-order valence-corrected chi connectivity index (χ1v) is 9.01. The molecule has 1 fully saturated rings. The molecule has 1 saturated heterocycles. The second-order valence-corrected chi connectivity index (χ2v) is 7.68. The summed E-state index contributed by atoms with van der Waals surface area (Å²) in [6.07, 6.45) is 0. The predicted molar refractivity (Wildman–Crippen MR) is 99.4 cm³/mol. The maximum atomic E-state index is 6.81. The van der Waals surface area contributed by atoms with Crippen molar-refractivity contribution in [2.75, 3.05) is 31.4 Å². The first-order valence-electron chi connectivity index (χ1n) is 9.01. The molecular weight excluding hydrogens is 312 g/mol. The minimum Gasteiger partial charge on any atom is -0.379 e. The molecule has 0 aliphatic carbocycles. The molecule has 1 unspecified atom stereocenters. The molecule has 4 nitrogen and oxygen atoms in total. The Labute approximate surface area is 149 Å². The van der Waals surface area contributed by atoms with Gasteiger partial charge in [0.15, 0.2) is 0 Å². The van der Waals surface area contributed by atoms with Crippen LogP contribution < -0.4 is 5.06 Å². The first kappa shape index (κ1) is 16.6. The van der Waals surface area contributed by atoms with Crippen molar-refractivity contribution in [3.05, 3.63) is 65.7 Å². The van der Waals surface area contributed by atoms with E-state index < -0.39 is 5.72 Å². The standard InChI is InChI=1S/C21H26N2O2/c1-20(2,3)23-19-12-8-7-11-18(19)21(25-23,17-9-5-4-6-10-17)22-13-15-24-16-14-22/h4-12H,13-16H2,1-3H3. The second-order valence-electron chi connectivity index (χ2n) is 7.68. The third-order valence-corrected chi connectivity index (χ3v) is 4.94. The SMILES string of the molecule is CC(C)(C)N1OC(c2ccccc2)(N2CCOCC2)c2ccccc21. The highest BCUT2D eigenvalue weighted by atomic mass is 16.7. The molecule has 132 valence electrons. The van der Waals surface area contributed by atoms with Crippen LogP contribution in [0.1, 0.15) is 31.9 Å². The van der Waals surface area contributed by atoms with Crippen LogP contribution in [0.15, 0.2) is 54.6 Å². The van der Waals surface area contributed by atoms with Gasteiger partial charge in [-0.3, -0.25) is 4.90 Å². The van der Waals surface area contributed by atoms with Crippen LogP contribution in [0.4, 0.5) is 5.69 Å². The number of hydrogen-bond acceptors (Lipinski definition) is 4. The first-order chi connectivity index (χ1) is 12.0. The van der Waals surface area contributed by atoms with Gasteiger partial charge in [0.05, 0.1) is 24.4 Å². The molecule has 0 amide bonds. The van der Waals surface area contributed by atoms with Crippen LogP contribution in [-0.4, -0.2) is 36.7 Å². The van der Waals surface area contributed by atoms with Crippen molar-refractivity contribution in [1.82, 2.24) is 4.90 Å². The van der Waals surface area contributed by atoms with E-state index >= 15 is 0 Å². The number of benzene rings is 2. The van der Waals surface area contributed by atoms with Crippen molar-refractivity contribution in [3.63, 3.8) is 0 Å². The van der Waals surface area contributed by atoms with E-state index in [1.54, 1.807) is 0 Å². The number of fused-ring (bicyclic) bond motifs is 1. The molecule has 0 N–H and O–H groups in total. The van der Waals surface area contributed by atoms with Crippen molar-refractivity contribution in [2.24, 2.45) is 0 Å². The van der Waals surface area contributed by atoms with Gasteiger partial charge in [-0.25, -0.2) is 9.90 Å². The van der Waals surface area contributed by atoms with Gasteiger partial charge in [-0.2, -0.15) is 0 Å². The number of hydrogen-bond donors (Lipinski definition) is 0. The van der Waals surface area contributed by atoms with Gasteiger partial charge in [0, 0.05) is 24.2 Å². The second kappa shape index (κ2) is 6.13. The summed E-state index contributed by atoms with van der Waals surface area (Å²) in [6, 6.07) is 19.1. The summed E-state index contributed by atoms with van der Waals surface area (Å²) in [7, 11) is 0. The summed E-state index contributed by atoms with van der Waals surface area (Å²) >= 11 is 0. The molecule has 2 aromatic carbocycles. The Hall–Kier alpha value is -1.88. The van der Waals surface area contributed by atoms with Crippen LogP contribution in [0, 0.1) is 0 Å². The average molecular weight is 338 g/mol. The van der Waals surface area contributed by atoms with Gasteiger partial charge in [0.1, 0.15) is 0 Å². The number of rotatable bonds is 2. The summed E-state index contributed by atoms with van der Waals surface area (Å²) < 4.78 is 5.61. The third-order valence-electron chi connectivity index (χ3n) is 4.94. The van der Waals surface area contributed by atoms with Crippen molar-refractivity contribution >= 4 is 5.69 Å². The number of nitrogens with zero attached hydrogens (tertiary/aromatic N) is 2. The smallest absolute Gasteiger partial charge is 0.202 e. The highest BCUT2D eigenvalue weighted by molar-refractivity contribution is 5.62. The molecule has 1 atom stereocenters. The minimum atomic E-state index is -0.602. The molecule has 2 aromatic rings. The van der Waals surface area contributed by atoms with Gasteiger partial charge < -0.3 is 4.74 Å². The Bertz CT molecular complexity index is 735. The van der Waals surface area contributed by atoms with Crippen LogP contribution in [0.25, 0.3) is 0 Å². The lowest BCUT2D eigenvalue weighted by molar-refractivity contribution is -0.163. The van der Waals surface area contributed by atoms with Crippen molar-refractivity contribution in [3.8, 4) is 0 Å². The molecule has 0 saturated carbocycles. The Morgan fingerprint density at radius 3 is 2.20 bits per heavy atom. The van der Waals surface area contributed by atoms with Gasteiger partial charge in [0.25, 0.3) is 0 Å². The Kier molecular flexibility index (Phi) is 4.07. The lowest BCUT2D eigenvalue weighted by Gasteiger charge is -2.44. The van der Waals surface area contributed by atoms with Crippen molar-refractivity contribution in [2.45, 2.75) is 32.0 Å². The molecule has 4 heteroatoms. The van der Waals surface area contributed by atoms with E-state index in [2.05, 4.69) is 85.3 Å². The predicted octanol–water partition coefficient (Wildman–Crippen LogP) is 3.77. The van der Waals surface area contributed by atoms with E-state index in [4.69, 9.17) is 9.57 Å². The normalized spacial score (nSPS) is 24.4. The number of para-hydroxylation sites is 1. The van der Waals surface area contributed by atoms with Crippen LogP contribution in [0.2, 0.25) is 0 Å². The largest absolute Gasteiger partial charge is 0.379 e. The molecule has 4 rings (SSSR count). The maximum absolute atomic E-state index is 6.81. The Balaban J connectivity index is 1.92. The molecule has 2 aliphatic heterocycles. The number of morpholine rings is 1. The summed E-state index contributed by atoms with van der Waals surface area (Å²) in [4.78, 5) is 9.23. The van der Waals surface area contributed by atoms with Crippen LogP contribution in [0.5, 0.6) is 0 Å². The number of anilines is 1. The fraction of sp³-hybridized carbons (Fsp3) is 0.429. The molecule has 0 bridgehead atoms. The highest BCUT2D eigenvalue weighted by Crippen LogP contribution is 2.50. The zero-order chi connectivity index (χ0) is 17.5. The third kappa shape index (κ3) is 2.65. The molecule has 0 aromatic heterocycles. The van der Waals surface area contributed by atoms with Gasteiger partial charge in [-0.1, -0.05) is 48.5 Å². The van der Waals surface area contributed by atoms with Crippen LogP contribution in [-0.2, 0) is 15.3 Å². The summed E-state index contributed by atoms with van der Waals surface area (Å²) in [5.74, 6) is 0. The molecule has 2 heterocycles. The number of hydroxylamine groups is 1. The fourth-order valence-electron chi connectivity index (χ4n) is 3.83. The maximum Gasteiger partial charge on any atom is 0.202 e.